The summed E-state index contributed by atoms with van der Waals surface area (Å²) in [7, 11) is 1.37. The highest BCUT2D eigenvalue weighted by atomic mass is 16.5. The molecule has 74 valence electrons. The first-order chi connectivity index (χ1) is 6.63. The molecule has 0 heterocycles. The van der Waals surface area contributed by atoms with E-state index in [-0.39, 0.29) is 11.5 Å². The zero-order chi connectivity index (χ0) is 10.6. The Morgan fingerprint density at radius 1 is 1.50 bits per heavy atom. The van der Waals surface area contributed by atoms with Crippen molar-refractivity contribution < 1.29 is 19.7 Å². The second-order valence-electron chi connectivity index (χ2n) is 2.60. The molecule has 1 aromatic rings. The van der Waals surface area contributed by atoms with Gasteiger partial charge >= 0.3 is 5.97 Å². The summed E-state index contributed by atoms with van der Waals surface area (Å²) in [6, 6.07) is 6.19. The largest absolute Gasteiger partial charge is 0.508 e. The van der Waals surface area contributed by atoms with Crippen molar-refractivity contribution in [3.63, 3.8) is 0 Å². The summed E-state index contributed by atoms with van der Waals surface area (Å²) in [5, 5.41) is 17.7. The summed E-state index contributed by atoms with van der Waals surface area (Å²) < 4.78 is 4.87. The molecule has 14 heavy (non-hydrogen) atoms. The number of aromatic hydroxyl groups is 1. The van der Waals surface area contributed by atoms with Gasteiger partial charge in [0.2, 0.25) is 0 Å². The molecule has 0 aromatic heterocycles. The van der Waals surface area contributed by atoms with Crippen molar-refractivity contribution in [1.82, 2.24) is 0 Å². The fraction of sp³-hybridized carbons (Fsp3) is 0.100. The van der Waals surface area contributed by atoms with Gasteiger partial charge in [-0.25, -0.2) is 4.79 Å². The monoisotopic (exact) mass is 194 g/mol. The van der Waals surface area contributed by atoms with Gasteiger partial charge in [0.25, 0.3) is 0 Å². The fourth-order valence-corrected chi connectivity index (χ4v) is 1.03. The Hall–Kier alpha value is -1.97. The van der Waals surface area contributed by atoms with Crippen LogP contribution in [0.25, 0.3) is 5.76 Å². The zero-order valence-corrected chi connectivity index (χ0v) is 7.60. The zero-order valence-electron chi connectivity index (χ0n) is 7.60. The summed E-state index contributed by atoms with van der Waals surface area (Å²) in [6.07, 6.45) is 0.939. The number of rotatable bonds is 3. The number of benzene rings is 1. The van der Waals surface area contributed by atoms with Gasteiger partial charge in [-0.05, 0) is 12.1 Å². The summed E-state index contributed by atoms with van der Waals surface area (Å²) in [5.74, 6) is -0.825. The molecule has 0 aliphatic rings. The van der Waals surface area contributed by atoms with E-state index in [4.69, 9.17) is 14.9 Å². The predicted molar refractivity (Wildman–Crippen MR) is 50.7 cm³/mol. The second kappa shape index (κ2) is 4.32. The van der Waals surface area contributed by atoms with Crippen LogP contribution in [0.5, 0.6) is 5.75 Å². The van der Waals surface area contributed by atoms with E-state index in [1.165, 1.54) is 19.2 Å². The molecular weight excluding hydrogens is 184 g/mol. The number of phenolic OH excluding ortho intramolecular Hbond substituents is 1. The molecule has 0 atom stereocenters. The van der Waals surface area contributed by atoms with Crippen LogP contribution in [0.15, 0.2) is 30.3 Å². The summed E-state index contributed by atoms with van der Waals surface area (Å²) in [6.45, 7) is 0. The maximum Gasteiger partial charge on any atom is 0.332 e. The van der Waals surface area contributed by atoms with Crippen molar-refractivity contribution >= 4 is 11.7 Å². The fourth-order valence-electron chi connectivity index (χ4n) is 1.03. The van der Waals surface area contributed by atoms with E-state index in [0.717, 1.165) is 6.08 Å². The minimum Gasteiger partial charge on any atom is -0.508 e. The third kappa shape index (κ3) is 2.52. The Bertz CT molecular complexity index is 368. The summed E-state index contributed by atoms with van der Waals surface area (Å²) in [5.41, 5.74) is 0.523. The number of carboxylic acids is 1. The minimum absolute atomic E-state index is 0.0656. The molecule has 0 aliphatic heterocycles. The molecule has 4 nitrogen and oxygen atoms in total. The maximum absolute atomic E-state index is 10.4. The van der Waals surface area contributed by atoms with Gasteiger partial charge in [-0.3, -0.25) is 0 Å². The maximum atomic E-state index is 10.4. The lowest BCUT2D eigenvalue weighted by Gasteiger charge is -2.05. The van der Waals surface area contributed by atoms with Crippen LogP contribution in [0.2, 0.25) is 0 Å². The topological polar surface area (TPSA) is 66.8 Å². The molecule has 0 spiro atoms. The number of carboxylic acid groups (broad SMARTS) is 1. The highest BCUT2D eigenvalue weighted by molar-refractivity contribution is 5.88. The Labute approximate surface area is 81.1 Å². The molecule has 1 rings (SSSR count). The molecule has 1 aromatic carbocycles. The van der Waals surface area contributed by atoms with Crippen LogP contribution in [0.4, 0.5) is 0 Å². The Morgan fingerprint density at radius 3 is 2.71 bits per heavy atom. The lowest BCUT2D eigenvalue weighted by atomic mass is 10.1. The van der Waals surface area contributed by atoms with Gasteiger partial charge in [-0.2, -0.15) is 0 Å². The van der Waals surface area contributed by atoms with Gasteiger partial charge in [0.15, 0.2) is 0 Å². The number of carbonyl (C=O) groups is 1. The van der Waals surface area contributed by atoms with Gasteiger partial charge < -0.3 is 14.9 Å². The van der Waals surface area contributed by atoms with Gasteiger partial charge in [-0.1, -0.05) is 12.1 Å². The van der Waals surface area contributed by atoms with Crippen LogP contribution in [0.1, 0.15) is 5.56 Å². The number of hydrogen-bond donors (Lipinski definition) is 2. The molecule has 0 radical (unpaired) electrons. The molecule has 0 unspecified atom stereocenters. The van der Waals surface area contributed by atoms with E-state index >= 15 is 0 Å². The number of hydrogen-bond acceptors (Lipinski definition) is 3. The molecule has 4 heteroatoms. The van der Waals surface area contributed by atoms with E-state index in [2.05, 4.69) is 0 Å². The second-order valence-corrected chi connectivity index (χ2v) is 2.60. The third-order valence-electron chi connectivity index (χ3n) is 1.61. The van der Waals surface area contributed by atoms with Gasteiger partial charge in [0, 0.05) is 5.56 Å². The first kappa shape index (κ1) is 10.1. The van der Waals surface area contributed by atoms with E-state index in [1.54, 1.807) is 12.1 Å². The number of aliphatic carboxylic acids is 1. The van der Waals surface area contributed by atoms with Crippen LogP contribution in [-0.2, 0) is 9.53 Å². The molecule has 0 bridgehead atoms. The Balaban J connectivity index is 3.07. The Kier molecular flexibility index (Phi) is 3.12. The lowest BCUT2D eigenvalue weighted by Crippen LogP contribution is -1.94. The number of ether oxygens (including phenoxy) is 1. The smallest absolute Gasteiger partial charge is 0.332 e. The van der Waals surface area contributed by atoms with Crippen molar-refractivity contribution in [1.29, 1.82) is 0 Å². The van der Waals surface area contributed by atoms with E-state index < -0.39 is 5.97 Å². The van der Waals surface area contributed by atoms with Crippen LogP contribution in [-0.4, -0.2) is 23.3 Å². The van der Waals surface area contributed by atoms with Crippen LogP contribution < -0.4 is 0 Å². The lowest BCUT2D eigenvalue weighted by molar-refractivity contribution is -0.131. The highest BCUT2D eigenvalue weighted by Gasteiger charge is 2.04. The molecule has 0 fully saturated rings. The van der Waals surface area contributed by atoms with Crippen molar-refractivity contribution in [3.05, 3.63) is 35.9 Å². The number of phenols is 1. The van der Waals surface area contributed by atoms with Crippen molar-refractivity contribution in [3.8, 4) is 5.75 Å². The number of methoxy groups -OCH3 is 1. The molecule has 2 N–H and O–H groups in total. The van der Waals surface area contributed by atoms with E-state index in [1.807, 2.05) is 0 Å². The predicted octanol–water partition coefficient (Wildman–Crippen LogP) is 1.46. The molecule has 0 saturated heterocycles. The third-order valence-corrected chi connectivity index (χ3v) is 1.61. The van der Waals surface area contributed by atoms with Crippen molar-refractivity contribution in [2.45, 2.75) is 0 Å². The van der Waals surface area contributed by atoms with Crippen LogP contribution in [0.3, 0.4) is 0 Å². The average molecular weight is 194 g/mol. The standard InChI is InChI=1S/C10H10O4/c1-14-9(6-10(12)13)7-3-2-4-8(11)5-7/h2-6,11H,1H3,(H,12,13)/b9-6-. The van der Waals surface area contributed by atoms with Crippen LogP contribution >= 0.6 is 0 Å². The first-order valence-electron chi connectivity index (χ1n) is 3.91. The first-order valence-corrected chi connectivity index (χ1v) is 3.91. The molecule has 0 saturated carbocycles. The minimum atomic E-state index is -1.09. The average Bonchev–Trinajstić information content (AvgIpc) is 2.14. The molecule has 0 aliphatic carbocycles. The van der Waals surface area contributed by atoms with Gasteiger partial charge in [0.1, 0.15) is 11.5 Å². The highest BCUT2D eigenvalue weighted by Crippen LogP contribution is 2.19. The van der Waals surface area contributed by atoms with Gasteiger partial charge in [-0.15, -0.1) is 0 Å². The summed E-state index contributed by atoms with van der Waals surface area (Å²) >= 11 is 0. The molecular formula is C10H10O4. The Morgan fingerprint density at radius 2 is 2.21 bits per heavy atom. The van der Waals surface area contributed by atoms with Gasteiger partial charge in [0.05, 0.1) is 13.2 Å². The SMILES string of the molecule is CO/C(=C\C(=O)O)c1cccc(O)c1. The normalized spacial score (nSPS) is 11.1. The summed E-state index contributed by atoms with van der Waals surface area (Å²) in [4.78, 5) is 10.4. The van der Waals surface area contributed by atoms with Crippen LogP contribution in [0, 0.1) is 0 Å². The van der Waals surface area contributed by atoms with Crippen molar-refractivity contribution in [2.75, 3.05) is 7.11 Å². The van der Waals surface area contributed by atoms with E-state index in [0.29, 0.717) is 5.56 Å². The molecule has 0 amide bonds. The quantitative estimate of drug-likeness (QED) is 0.564. The van der Waals surface area contributed by atoms with Crippen molar-refractivity contribution in [2.24, 2.45) is 0 Å². The van der Waals surface area contributed by atoms with E-state index in [9.17, 15) is 4.79 Å².